The number of nitrogens with zero attached hydrogens (tertiary/aromatic N) is 3. The van der Waals surface area contributed by atoms with Crippen molar-refractivity contribution in [3.05, 3.63) is 23.5 Å². The maximum absolute atomic E-state index is 13.3. The number of hydrogen-bond acceptors (Lipinski definition) is 3. The molecular weight excluding hydrogens is 372 g/mol. The third-order valence-corrected chi connectivity index (χ3v) is 5.55. The lowest BCUT2D eigenvalue weighted by atomic mass is 9.93. The van der Waals surface area contributed by atoms with E-state index in [1.54, 1.807) is 7.85 Å². The number of benzene rings is 1. The molecule has 1 saturated heterocycles. The maximum Gasteiger partial charge on any atom is 0.418 e. The Kier molecular flexibility index (Phi) is 4.59. The van der Waals surface area contributed by atoms with Gasteiger partial charge in [-0.15, -0.1) is 0 Å². The molecule has 28 heavy (non-hydrogen) atoms. The smallest absolute Gasteiger partial charge is 0.336 e. The van der Waals surface area contributed by atoms with E-state index in [1.165, 1.54) is 11.0 Å². The number of amides is 2. The van der Waals surface area contributed by atoms with E-state index in [9.17, 15) is 22.8 Å². The summed E-state index contributed by atoms with van der Waals surface area (Å²) in [6, 6.07) is 2.78. The second kappa shape index (κ2) is 6.82. The molecular formula is C18H20BF3N4O2. The minimum absolute atomic E-state index is 0.0719. The number of rotatable bonds is 2. The first kappa shape index (κ1) is 18.8. The van der Waals surface area contributed by atoms with Gasteiger partial charge in [0.2, 0.25) is 5.91 Å². The predicted octanol–water partition coefficient (Wildman–Crippen LogP) is 1.07. The largest absolute Gasteiger partial charge is 0.418 e. The zero-order valence-electron chi connectivity index (χ0n) is 15.5. The van der Waals surface area contributed by atoms with Crippen LogP contribution in [0.4, 0.5) is 13.2 Å². The highest BCUT2D eigenvalue weighted by Gasteiger charge is 2.36. The average Bonchev–Trinajstić information content (AvgIpc) is 3.28. The number of piperazine rings is 1. The van der Waals surface area contributed by atoms with Gasteiger partial charge in [-0.25, -0.2) is 4.98 Å². The van der Waals surface area contributed by atoms with E-state index in [1.807, 2.05) is 4.90 Å². The summed E-state index contributed by atoms with van der Waals surface area (Å²) in [6.07, 6.45) is -0.373. The molecule has 10 heteroatoms. The van der Waals surface area contributed by atoms with Crippen molar-refractivity contribution in [2.45, 2.75) is 37.9 Å². The van der Waals surface area contributed by atoms with Gasteiger partial charge in [0.15, 0.2) is 5.82 Å². The van der Waals surface area contributed by atoms with E-state index in [2.05, 4.69) is 9.97 Å². The van der Waals surface area contributed by atoms with Crippen LogP contribution in [0.2, 0.25) is 0 Å². The predicted molar refractivity (Wildman–Crippen MR) is 99.1 cm³/mol. The van der Waals surface area contributed by atoms with Crippen molar-refractivity contribution in [1.82, 2.24) is 19.8 Å². The Labute approximate surface area is 160 Å². The van der Waals surface area contributed by atoms with Gasteiger partial charge in [0.25, 0.3) is 5.91 Å². The van der Waals surface area contributed by atoms with Crippen LogP contribution in [0, 0.1) is 0 Å². The van der Waals surface area contributed by atoms with Crippen LogP contribution in [0.5, 0.6) is 0 Å². The molecule has 6 nitrogen and oxygen atoms in total. The van der Waals surface area contributed by atoms with Crippen molar-refractivity contribution in [2.75, 3.05) is 19.6 Å². The summed E-state index contributed by atoms with van der Waals surface area (Å²) in [6.45, 7) is 0.725. The van der Waals surface area contributed by atoms with Crippen LogP contribution in [-0.4, -0.2) is 65.1 Å². The molecule has 2 amide bonds. The summed E-state index contributed by atoms with van der Waals surface area (Å²) in [5.41, 5.74) is -0.577. The zero-order valence-corrected chi connectivity index (χ0v) is 15.5. The van der Waals surface area contributed by atoms with Gasteiger partial charge < -0.3 is 14.8 Å². The number of hydrogen-bond donors (Lipinski definition) is 1. The fourth-order valence-corrected chi connectivity index (χ4v) is 4.19. The van der Waals surface area contributed by atoms with Gasteiger partial charge in [-0.2, -0.15) is 13.2 Å². The summed E-state index contributed by atoms with van der Waals surface area (Å²) < 4.78 is 39.9. The highest BCUT2D eigenvalue weighted by atomic mass is 19.4. The molecule has 0 bridgehead atoms. The molecule has 1 N–H and O–H groups in total. The number of aromatic nitrogens is 2. The third-order valence-electron chi connectivity index (χ3n) is 5.55. The standard InChI is InChI=1S/C18H20BF3N4O2/c19-10-7-12(18(20,21)22)15-13(8-10)23-16(24-15)17(28)25-5-6-26(14(27)9-25)11-3-1-2-4-11/h7-8,11H,1-6,9,19H2,(H,23,24). The molecule has 2 heterocycles. The third kappa shape index (κ3) is 3.36. The van der Waals surface area contributed by atoms with Crippen LogP contribution < -0.4 is 5.46 Å². The zero-order chi connectivity index (χ0) is 20.1. The number of nitrogens with one attached hydrogen (secondary N) is 1. The number of aromatic amines is 1. The Morgan fingerprint density at radius 2 is 1.93 bits per heavy atom. The lowest BCUT2D eigenvalue weighted by Crippen LogP contribution is -2.55. The van der Waals surface area contributed by atoms with E-state index in [4.69, 9.17) is 0 Å². The minimum atomic E-state index is -4.57. The Hall–Kier alpha value is -2.52. The quantitative estimate of drug-likeness (QED) is 0.778. The molecule has 1 aromatic heterocycles. The number of alkyl halides is 3. The molecule has 2 aliphatic rings. The van der Waals surface area contributed by atoms with Crippen LogP contribution in [-0.2, 0) is 11.0 Å². The van der Waals surface area contributed by atoms with Gasteiger partial charge in [0.05, 0.1) is 11.1 Å². The van der Waals surface area contributed by atoms with Gasteiger partial charge in [0, 0.05) is 19.1 Å². The topological polar surface area (TPSA) is 69.3 Å². The van der Waals surface area contributed by atoms with Crippen molar-refractivity contribution < 1.29 is 22.8 Å². The summed E-state index contributed by atoms with van der Waals surface area (Å²) in [7, 11) is 1.55. The molecule has 0 spiro atoms. The van der Waals surface area contributed by atoms with Gasteiger partial charge >= 0.3 is 6.18 Å². The maximum atomic E-state index is 13.3. The number of imidazole rings is 1. The van der Waals surface area contributed by atoms with Crippen LogP contribution in [0.15, 0.2) is 12.1 Å². The lowest BCUT2D eigenvalue weighted by molar-refractivity contribution is -0.137. The minimum Gasteiger partial charge on any atom is -0.336 e. The fourth-order valence-electron chi connectivity index (χ4n) is 4.19. The van der Waals surface area contributed by atoms with Crippen molar-refractivity contribution in [2.24, 2.45) is 0 Å². The molecule has 148 valence electrons. The lowest BCUT2D eigenvalue weighted by Gasteiger charge is -2.37. The highest BCUT2D eigenvalue weighted by molar-refractivity contribution is 6.33. The first-order valence-electron chi connectivity index (χ1n) is 9.40. The van der Waals surface area contributed by atoms with E-state index in [0.717, 1.165) is 31.7 Å². The Bertz CT molecular complexity index is 937. The average molecular weight is 392 g/mol. The summed E-state index contributed by atoms with van der Waals surface area (Å²) in [5.74, 6) is -0.843. The van der Waals surface area contributed by atoms with E-state index >= 15 is 0 Å². The fraction of sp³-hybridized carbons (Fsp3) is 0.500. The molecule has 1 aromatic carbocycles. The summed E-state index contributed by atoms with van der Waals surface area (Å²) in [5, 5.41) is 0. The SMILES string of the molecule is Bc1cc(C(F)(F)F)c2nc(C(=O)N3CCN(C4CCCC4)C(=O)C3)[nH]c2c1. The number of fused-ring (bicyclic) bond motifs is 1. The second-order valence-electron chi connectivity index (χ2n) is 7.54. The number of H-pyrrole nitrogens is 1. The van der Waals surface area contributed by atoms with Crippen LogP contribution in [0.1, 0.15) is 41.9 Å². The van der Waals surface area contributed by atoms with Crippen molar-refractivity contribution >= 4 is 36.2 Å². The highest BCUT2D eigenvalue weighted by Crippen LogP contribution is 2.33. The molecule has 1 aliphatic heterocycles. The molecule has 4 rings (SSSR count). The molecule has 1 saturated carbocycles. The molecule has 0 unspecified atom stereocenters. The first-order valence-corrected chi connectivity index (χ1v) is 9.40. The van der Waals surface area contributed by atoms with Crippen molar-refractivity contribution in [3.63, 3.8) is 0 Å². The molecule has 0 atom stereocenters. The van der Waals surface area contributed by atoms with Gasteiger partial charge in [0.1, 0.15) is 19.9 Å². The Balaban J connectivity index is 1.57. The monoisotopic (exact) mass is 392 g/mol. The van der Waals surface area contributed by atoms with Gasteiger partial charge in [-0.3, -0.25) is 9.59 Å². The van der Waals surface area contributed by atoms with E-state index in [0.29, 0.717) is 18.6 Å². The summed E-state index contributed by atoms with van der Waals surface area (Å²) >= 11 is 0. The Morgan fingerprint density at radius 3 is 2.57 bits per heavy atom. The van der Waals surface area contributed by atoms with Crippen LogP contribution in [0.25, 0.3) is 11.0 Å². The van der Waals surface area contributed by atoms with Gasteiger partial charge in [-0.05, 0) is 18.9 Å². The molecule has 2 aromatic rings. The summed E-state index contributed by atoms with van der Waals surface area (Å²) in [4.78, 5) is 35.1. The van der Waals surface area contributed by atoms with Crippen molar-refractivity contribution in [1.29, 1.82) is 0 Å². The number of carbonyl (C=O) groups is 2. The number of carbonyl (C=O) groups excluding carboxylic acids is 2. The normalized spacial score (nSPS) is 19.0. The van der Waals surface area contributed by atoms with Crippen molar-refractivity contribution in [3.8, 4) is 0 Å². The van der Waals surface area contributed by atoms with E-state index in [-0.39, 0.29) is 35.4 Å². The van der Waals surface area contributed by atoms with E-state index < -0.39 is 17.6 Å². The Morgan fingerprint density at radius 1 is 1.21 bits per heavy atom. The first-order chi connectivity index (χ1) is 13.2. The van der Waals surface area contributed by atoms with Gasteiger partial charge in [-0.1, -0.05) is 24.4 Å². The van der Waals surface area contributed by atoms with Crippen LogP contribution >= 0.6 is 0 Å². The second-order valence-corrected chi connectivity index (χ2v) is 7.54. The molecule has 1 aliphatic carbocycles. The molecule has 0 radical (unpaired) electrons. The van der Waals surface area contributed by atoms with Crippen LogP contribution in [0.3, 0.4) is 0 Å². The number of halogens is 3. The molecule has 2 fully saturated rings.